The van der Waals surface area contributed by atoms with Gasteiger partial charge in [0.25, 0.3) is 0 Å². The third kappa shape index (κ3) is 3.11. The fourth-order valence-electron chi connectivity index (χ4n) is 2.03. The van der Waals surface area contributed by atoms with Gasteiger partial charge in [-0.2, -0.15) is 0 Å². The first-order valence-corrected chi connectivity index (χ1v) is 6.38. The van der Waals surface area contributed by atoms with E-state index in [0.29, 0.717) is 22.5 Å². The van der Waals surface area contributed by atoms with E-state index < -0.39 is 5.97 Å². The van der Waals surface area contributed by atoms with E-state index in [9.17, 15) is 15.0 Å². The van der Waals surface area contributed by atoms with Gasteiger partial charge in [-0.25, -0.2) is 4.79 Å². The first-order valence-electron chi connectivity index (χ1n) is 6.38. The highest BCUT2D eigenvalue weighted by Crippen LogP contribution is 2.25. The number of carbonyl (C=O) groups is 1. The molecule has 0 radical (unpaired) electrons. The van der Waals surface area contributed by atoms with Gasteiger partial charge < -0.3 is 20.6 Å². The van der Waals surface area contributed by atoms with Crippen LogP contribution in [0.15, 0.2) is 30.5 Å². The minimum atomic E-state index is -1.03. The summed E-state index contributed by atoms with van der Waals surface area (Å²) in [5.74, 6) is -1.03. The Hall–Kier alpha value is -2.60. The summed E-state index contributed by atoms with van der Waals surface area (Å²) in [5, 5.41) is 31.4. The highest BCUT2D eigenvalue weighted by molar-refractivity contribution is 5.94. The van der Waals surface area contributed by atoms with Crippen LogP contribution in [0.3, 0.4) is 0 Å². The minimum absolute atomic E-state index is 0.00172. The topological polar surface area (TPSA) is 103 Å². The van der Waals surface area contributed by atoms with E-state index in [4.69, 9.17) is 5.11 Å². The molecule has 0 unspecified atom stereocenters. The van der Waals surface area contributed by atoms with Crippen molar-refractivity contribution in [2.75, 3.05) is 5.32 Å². The molecule has 2 rings (SSSR count). The van der Waals surface area contributed by atoms with Gasteiger partial charge in [-0.05, 0) is 19.1 Å². The van der Waals surface area contributed by atoms with Crippen molar-refractivity contribution in [2.45, 2.75) is 20.1 Å². The van der Waals surface area contributed by atoms with Crippen molar-refractivity contribution in [3.8, 4) is 5.75 Å². The summed E-state index contributed by atoms with van der Waals surface area (Å²) < 4.78 is 0. The second kappa shape index (κ2) is 6.23. The third-order valence-corrected chi connectivity index (χ3v) is 3.21. The Morgan fingerprint density at radius 1 is 1.33 bits per heavy atom. The molecule has 110 valence electrons. The first-order chi connectivity index (χ1) is 10.0. The van der Waals surface area contributed by atoms with Crippen molar-refractivity contribution in [3.63, 3.8) is 0 Å². The number of hydrogen-bond acceptors (Lipinski definition) is 5. The van der Waals surface area contributed by atoms with E-state index in [1.54, 1.807) is 25.1 Å². The Morgan fingerprint density at radius 3 is 2.71 bits per heavy atom. The molecule has 0 spiro atoms. The van der Waals surface area contributed by atoms with Gasteiger partial charge in [0.15, 0.2) is 0 Å². The number of aliphatic hydroxyl groups is 1. The van der Waals surface area contributed by atoms with Crippen LogP contribution in [0.25, 0.3) is 0 Å². The number of para-hydroxylation sites is 1. The molecule has 4 N–H and O–H groups in total. The standard InChI is InChI=1S/C15H16N2O4/c1-9-14(19)12(10(8-18)6-16-9)7-17-13-5-3-2-4-11(13)15(20)21/h2-6,17-19H,7-8H2,1H3,(H,20,21). The van der Waals surface area contributed by atoms with Crippen LogP contribution in [-0.4, -0.2) is 26.3 Å². The Bertz CT molecular complexity index is 671. The van der Waals surface area contributed by atoms with Gasteiger partial charge in [0.05, 0.1) is 17.9 Å². The summed E-state index contributed by atoms with van der Waals surface area (Å²) in [5.41, 5.74) is 2.05. The van der Waals surface area contributed by atoms with Crippen LogP contribution in [0.2, 0.25) is 0 Å². The van der Waals surface area contributed by atoms with Gasteiger partial charge in [0.2, 0.25) is 0 Å². The Kier molecular flexibility index (Phi) is 4.39. The lowest BCUT2D eigenvalue weighted by Crippen LogP contribution is -2.09. The van der Waals surface area contributed by atoms with Crippen LogP contribution in [0.5, 0.6) is 5.75 Å². The average molecular weight is 288 g/mol. The van der Waals surface area contributed by atoms with Crippen LogP contribution in [0.1, 0.15) is 27.2 Å². The number of aryl methyl sites for hydroxylation is 1. The molecule has 1 aromatic heterocycles. The van der Waals surface area contributed by atoms with Gasteiger partial charge in [-0.1, -0.05) is 12.1 Å². The molecule has 6 heteroatoms. The lowest BCUT2D eigenvalue weighted by Gasteiger charge is -2.14. The average Bonchev–Trinajstić information content (AvgIpc) is 2.49. The summed E-state index contributed by atoms with van der Waals surface area (Å²) in [7, 11) is 0. The van der Waals surface area contributed by atoms with Crippen molar-refractivity contribution >= 4 is 11.7 Å². The number of nitrogens with one attached hydrogen (secondary N) is 1. The summed E-state index contributed by atoms with van der Waals surface area (Å²) in [6.07, 6.45) is 1.50. The fourth-order valence-corrected chi connectivity index (χ4v) is 2.03. The van der Waals surface area contributed by atoms with Crippen molar-refractivity contribution in [2.24, 2.45) is 0 Å². The number of aromatic carboxylic acids is 1. The van der Waals surface area contributed by atoms with E-state index in [-0.39, 0.29) is 24.5 Å². The van der Waals surface area contributed by atoms with E-state index in [1.807, 2.05) is 0 Å². The van der Waals surface area contributed by atoms with Crippen molar-refractivity contribution in [1.29, 1.82) is 0 Å². The second-order valence-corrected chi connectivity index (χ2v) is 4.56. The maximum atomic E-state index is 11.1. The number of nitrogens with zero attached hydrogens (tertiary/aromatic N) is 1. The Morgan fingerprint density at radius 2 is 2.05 bits per heavy atom. The highest BCUT2D eigenvalue weighted by atomic mass is 16.4. The maximum Gasteiger partial charge on any atom is 0.337 e. The number of aromatic hydroxyl groups is 1. The molecule has 0 aliphatic heterocycles. The summed E-state index contributed by atoms with van der Waals surface area (Å²) in [6, 6.07) is 6.50. The lowest BCUT2D eigenvalue weighted by atomic mass is 10.1. The molecule has 0 fully saturated rings. The smallest absolute Gasteiger partial charge is 0.337 e. The number of aliphatic hydroxyl groups excluding tert-OH is 1. The molecule has 1 aromatic carbocycles. The van der Waals surface area contributed by atoms with Gasteiger partial charge in [-0.15, -0.1) is 0 Å². The number of pyridine rings is 1. The zero-order chi connectivity index (χ0) is 15.4. The maximum absolute atomic E-state index is 11.1. The fraction of sp³-hybridized carbons (Fsp3) is 0.200. The molecule has 0 aliphatic carbocycles. The van der Waals surface area contributed by atoms with Gasteiger partial charge in [0.1, 0.15) is 5.75 Å². The predicted octanol–water partition coefficient (Wildman–Crippen LogP) is 1.90. The zero-order valence-electron chi connectivity index (χ0n) is 11.5. The Labute approximate surface area is 121 Å². The molecule has 6 nitrogen and oxygen atoms in total. The second-order valence-electron chi connectivity index (χ2n) is 4.56. The normalized spacial score (nSPS) is 10.4. The molecule has 0 atom stereocenters. The largest absolute Gasteiger partial charge is 0.506 e. The number of aromatic nitrogens is 1. The lowest BCUT2D eigenvalue weighted by molar-refractivity contribution is 0.0698. The van der Waals surface area contributed by atoms with Crippen LogP contribution >= 0.6 is 0 Å². The molecule has 0 aliphatic rings. The highest BCUT2D eigenvalue weighted by Gasteiger charge is 2.13. The van der Waals surface area contributed by atoms with Crippen molar-refractivity contribution < 1.29 is 20.1 Å². The van der Waals surface area contributed by atoms with Crippen LogP contribution < -0.4 is 5.32 Å². The molecule has 0 bridgehead atoms. The number of rotatable bonds is 5. The molecule has 1 heterocycles. The SMILES string of the molecule is Cc1ncc(CO)c(CNc2ccccc2C(=O)O)c1O. The minimum Gasteiger partial charge on any atom is -0.506 e. The molecular weight excluding hydrogens is 272 g/mol. The molecule has 2 aromatic rings. The molecular formula is C15H16N2O4. The number of hydrogen-bond donors (Lipinski definition) is 4. The van der Waals surface area contributed by atoms with E-state index in [1.165, 1.54) is 12.3 Å². The van der Waals surface area contributed by atoms with Gasteiger partial charge >= 0.3 is 5.97 Å². The van der Waals surface area contributed by atoms with Gasteiger partial charge in [0, 0.05) is 29.6 Å². The number of benzene rings is 1. The molecule has 21 heavy (non-hydrogen) atoms. The van der Waals surface area contributed by atoms with E-state index >= 15 is 0 Å². The molecule has 0 amide bonds. The van der Waals surface area contributed by atoms with Gasteiger partial charge in [-0.3, -0.25) is 4.98 Å². The van der Waals surface area contributed by atoms with E-state index in [2.05, 4.69) is 10.3 Å². The summed E-state index contributed by atoms with van der Waals surface area (Å²) >= 11 is 0. The third-order valence-electron chi connectivity index (χ3n) is 3.21. The first kappa shape index (κ1) is 14.8. The number of anilines is 1. The van der Waals surface area contributed by atoms with Crippen LogP contribution in [0.4, 0.5) is 5.69 Å². The number of carboxylic acids is 1. The van der Waals surface area contributed by atoms with Crippen molar-refractivity contribution in [1.82, 2.24) is 4.98 Å². The van der Waals surface area contributed by atoms with Crippen molar-refractivity contribution in [3.05, 3.63) is 52.8 Å². The summed E-state index contributed by atoms with van der Waals surface area (Å²) in [4.78, 5) is 15.1. The predicted molar refractivity (Wildman–Crippen MR) is 77.3 cm³/mol. The van der Waals surface area contributed by atoms with Crippen LogP contribution in [-0.2, 0) is 13.2 Å². The van der Waals surface area contributed by atoms with E-state index in [0.717, 1.165) is 0 Å². The Balaban J connectivity index is 2.29. The zero-order valence-corrected chi connectivity index (χ0v) is 11.5. The molecule has 0 saturated carbocycles. The molecule has 0 saturated heterocycles. The summed E-state index contributed by atoms with van der Waals surface area (Å²) in [6.45, 7) is 1.60. The monoisotopic (exact) mass is 288 g/mol. The van der Waals surface area contributed by atoms with Crippen LogP contribution in [0, 0.1) is 6.92 Å². The number of carboxylic acid groups (broad SMARTS) is 1. The quantitative estimate of drug-likeness (QED) is 0.670.